The summed E-state index contributed by atoms with van der Waals surface area (Å²) in [6.45, 7) is 1.82. The van der Waals surface area contributed by atoms with Gasteiger partial charge in [0.1, 0.15) is 12.2 Å². The first kappa shape index (κ1) is 28.4. The fraction of sp³-hybridized carbons (Fsp3) is 0.375. The number of hydrogen-bond donors (Lipinski definition) is 5. The van der Waals surface area contributed by atoms with Crippen molar-refractivity contribution in [1.82, 2.24) is 29.3 Å². The molecule has 44 heavy (non-hydrogen) atoms. The van der Waals surface area contributed by atoms with Crippen molar-refractivity contribution in [2.45, 2.75) is 55.7 Å². The maximum atomic E-state index is 11.2. The van der Waals surface area contributed by atoms with Gasteiger partial charge in [0.05, 0.1) is 31.2 Å². The monoisotopic (exact) mass is 595 g/mol. The lowest BCUT2D eigenvalue weighted by molar-refractivity contribution is 0.00720. The molecule has 5 aromatic rings. The SMILES string of the molecule is N[C@@H]1CCN(c2nc(NCC(c3ccccc3)c3ccccc3)c3ncn([C@H]4CC(n5cc(CO)cn5)[C@@H](O)[C@H]4O)c3n2)C1. The van der Waals surface area contributed by atoms with Crippen LogP contribution >= 0.6 is 0 Å². The van der Waals surface area contributed by atoms with Crippen molar-refractivity contribution in [3.05, 3.63) is 96.1 Å². The van der Waals surface area contributed by atoms with Crippen LogP contribution in [0.5, 0.6) is 0 Å². The average Bonchev–Trinajstić information content (AvgIpc) is 3.86. The molecule has 1 aliphatic heterocycles. The van der Waals surface area contributed by atoms with E-state index in [0.29, 0.717) is 48.0 Å². The van der Waals surface area contributed by atoms with Gasteiger partial charge in [0.15, 0.2) is 17.0 Å². The van der Waals surface area contributed by atoms with E-state index in [1.165, 1.54) is 11.1 Å². The van der Waals surface area contributed by atoms with E-state index in [1.807, 2.05) is 41.0 Å². The molecule has 1 saturated heterocycles. The standard InChI is InChI=1S/C32H37N9O3/c33-23-11-12-39(17-23)32-37-30(34-15-24(21-7-3-1-4-8-21)22-9-5-2-6-10-22)27-31(38-32)40(19-35-27)25-13-26(29(44)28(25)43)41-16-20(18-42)14-36-41/h1-10,14,16,19,23-26,28-29,42-44H,11-13,15,17-18,33H2,(H,34,37,38)/t23-,25+,26?,28+,29-/m1/s1. The number of anilines is 2. The van der Waals surface area contributed by atoms with E-state index in [9.17, 15) is 15.3 Å². The van der Waals surface area contributed by atoms with Crippen molar-refractivity contribution in [1.29, 1.82) is 0 Å². The van der Waals surface area contributed by atoms with Crippen LogP contribution in [0.15, 0.2) is 79.4 Å². The van der Waals surface area contributed by atoms with Gasteiger partial charge in [-0.3, -0.25) is 4.68 Å². The Bertz CT molecular complexity index is 1670. The molecule has 2 aliphatic rings. The van der Waals surface area contributed by atoms with Gasteiger partial charge in [0.2, 0.25) is 5.95 Å². The molecule has 0 amide bonds. The highest BCUT2D eigenvalue weighted by atomic mass is 16.3. The Morgan fingerprint density at radius 2 is 1.66 bits per heavy atom. The predicted molar refractivity (Wildman–Crippen MR) is 166 cm³/mol. The number of fused-ring (bicyclic) bond motifs is 1. The second-order valence-electron chi connectivity index (χ2n) is 11.8. The molecule has 12 nitrogen and oxygen atoms in total. The van der Waals surface area contributed by atoms with Gasteiger partial charge in [-0.2, -0.15) is 15.1 Å². The fourth-order valence-corrected chi connectivity index (χ4v) is 6.54. The highest BCUT2D eigenvalue weighted by Crippen LogP contribution is 2.40. The Morgan fingerprint density at radius 3 is 2.30 bits per heavy atom. The summed E-state index contributed by atoms with van der Waals surface area (Å²) in [4.78, 5) is 16.7. The molecule has 1 aliphatic carbocycles. The van der Waals surface area contributed by atoms with Gasteiger partial charge in [-0.1, -0.05) is 60.7 Å². The summed E-state index contributed by atoms with van der Waals surface area (Å²) in [5.74, 6) is 1.22. The van der Waals surface area contributed by atoms with Gasteiger partial charge < -0.3 is 35.8 Å². The largest absolute Gasteiger partial charge is 0.392 e. The van der Waals surface area contributed by atoms with Gasteiger partial charge in [0, 0.05) is 43.4 Å². The van der Waals surface area contributed by atoms with Crippen LogP contribution in [0.4, 0.5) is 11.8 Å². The van der Waals surface area contributed by atoms with Crippen LogP contribution in [0.2, 0.25) is 0 Å². The Labute approximate surface area is 254 Å². The molecule has 3 aromatic heterocycles. The number of aliphatic hydroxyl groups excluding tert-OH is 3. The van der Waals surface area contributed by atoms with Crippen LogP contribution in [0.3, 0.4) is 0 Å². The van der Waals surface area contributed by atoms with Gasteiger partial charge in [-0.25, -0.2) is 4.98 Å². The quantitative estimate of drug-likeness (QED) is 0.171. The average molecular weight is 596 g/mol. The van der Waals surface area contributed by atoms with Crippen LogP contribution in [-0.4, -0.2) is 82.5 Å². The van der Waals surface area contributed by atoms with Crippen LogP contribution in [0.25, 0.3) is 11.2 Å². The van der Waals surface area contributed by atoms with E-state index in [4.69, 9.17) is 20.7 Å². The molecule has 2 fully saturated rings. The third-order valence-electron chi connectivity index (χ3n) is 8.95. The molecular weight excluding hydrogens is 558 g/mol. The van der Waals surface area contributed by atoms with E-state index in [1.54, 1.807) is 23.4 Å². The smallest absolute Gasteiger partial charge is 0.229 e. The minimum Gasteiger partial charge on any atom is -0.392 e. The maximum Gasteiger partial charge on any atom is 0.229 e. The Hall–Kier alpha value is -4.36. The number of rotatable bonds is 9. The minimum atomic E-state index is -1.07. The number of imidazole rings is 1. The van der Waals surface area contributed by atoms with E-state index in [2.05, 4.69) is 39.6 Å². The van der Waals surface area contributed by atoms with Crippen molar-refractivity contribution in [2.75, 3.05) is 29.9 Å². The second-order valence-corrected chi connectivity index (χ2v) is 11.8. The molecule has 12 heteroatoms. The molecular formula is C32H37N9O3. The molecule has 0 radical (unpaired) electrons. The van der Waals surface area contributed by atoms with Crippen molar-refractivity contribution < 1.29 is 15.3 Å². The number of nitrogens with zero attached hydrogens (tertiary/aromatic N) is 7. The first-order valence-corrected chi connectivity index (χ1v) is 15.1. The number of nitrogens with one attached hydrogen (secondary N) is 1. The number of aliphatic hydroxyl groups is 3. The lowest BCUT2D eigenvalue weighted by Gasteiger charge is -2.22. The highest BCUT2D eigenvalue weighted by Gasteiger charge is 2.44. The van der Waals surface area contributed by atoms with Gasteiger partial charge in [0.25, 0.3) is 0 Å². The summed E-state index contributed by atoms with van der Waals surface area (Å²) < 4.78 is 3.46. The van der Waals surface area contributed by atoms with Crippen molar-refractivity contribution >= 4 is 22.9 Å². The summed E-state index contributed by atoms with van der Waals surface area (Å²) in [5, 5.41) is 39.7. The second kappa shape index (κ2) is 12.0. The van der Waals surface area contributed by atoms with E-state index >= 15 is 0 Å². The normalized spacial score (nSPS) is 23.7. The molecule has 1 saturated carbocycles. The van der Waals surface area contributed by atoms with Crippen molar-refractivity contribution in [2.24, 2.45) is 5.73 Å². The van der Waals surface area contributed by atoms with Crippen LogP contribution in [-0.2, 0) is 6.61 Å². The van der Waals surface area contributed by atoms with Crippen LogP contribution in [0, 0.1) is 0 Å². The molecule has 4 heterocycles. The summed E-state index contributed by atoms with van der Waals surface area (Å²) in [5.41, 5.74) is 10.4. The van der Waals surface area contributed by atoms with Crippen molar-refractivity contribution in [3.8, 4) is 0 Å². The Kier molecular flexibility index (Phi) is 7.73. The molecule has 5 atom stereocenters. The number of hydrogen-bond acceptors (Lipinski definition) is 10. The summed E-state index contributed by atoms with van der Waals surface area (Å²) in [7, 11) is 0. The minimum absolute atomic E-state index is 0.0431. The van der Waals surface area contributed by atoms with E-state index < -0.39 is 24.3 Å². The number of aromatic nitrogens is 6. The van der Waals surface area contributed by atoms with Crippen LogP contribution < -0.4 is 16.0 Å². The molecule has 0 bridgehead atoms. The lowest BCUT2D eigenvalue weighted by Crippen LogP contribution is -2.30. The van der Waals surface area contributed by atoms with Gasteiger partial charge in [-0.05, 0) is 24.0 Å². The molecule has 7 rings (SSSR count). The lowest BCUT2D eigenvalue weighted by atomic mass is 9.91. The highest BCUT2D eigenvalue weighted by molar-refractivity contribution is 5.84. The number of nitrogens with two attached hydrogens (primary N) is 1. The molecule has 1 unspecified atom stereocenters. The first-order valence-electron chi connectivity index (χ1n) is 15.1. The molecule has 228 valence electrons. The van der Waals surface area contributed by atoms with Gasteiger partial charge >= 0.3 is 0 Å². The van der Waals surface area contributed by atoms with E-state index in [0.717, 1.165) is 13.0 Å². The fourth-order valence-electron chi connectivity index (χ4n) is 6.54. The number of benzene rings is 2. The zero-order valence-electron chi connectivity index (χ0n) is 24.3. The van der Waals surface area contributed by atoms with Gasteiger partial charge in [-0.15, -0.1) is 0 Å². The molecule has 0 spiro atoms. The van der Waals surface area contributed by atoms with Crippen LogP contribution in [0.1, 0.15) is 47.5 Å². The van der Waals surface area contributed by atoms with E-state index in [-0.39, 0.29) is 18.6 Å². The summed E-state index contributed by atoms with van der Waals surface area (Å²) >= 11 is 0. The maximum absolute atomic E-state index is 11.2. The third-order valence-corrected chi connectivity index (χ3v) is 8.95. The topological polar surface area (TPSA) is 163 Å². The molecule has 2 aromatic carbocycles. The summed E-state index contributed by atoms with van der Waals surface area (Å²) in [6, 6.07) is 19.8. The zero-order chi connectivity index (χ0) is 30.2. The zero-order valence-corrected chi connectivity index (χ0v) is 24.3. The third kappa shape index (κ3) is 5.30. The molecule has 6 N–H and O–H groups in total. The first-order chi connectivity index (χ1) is 21.5. The van der Waals surface area contributed by atoms with Crippen molar-refractivity contribution in [3.63, 3.8) is 0 Å². The Morgan fingerprint density at radius 1 is 0.955 bits per heavy atom. The Balaban J connectivity index is 1.25. The predicted octanol–water partition coefficient (Wildman–Crippen LogP) is 2.20. The summed E-state index contributed by atoms with van der Waals surface area (Å²) in [6.07, 6.45) is 4.05.